The average molecular weight is 416 g/mol. The number of ketones is 1. The Kier molecular flexibility index (Phi) is 4.75. The number of aryl methyl sites for hydroxylation is 1. The first-order chi connectivity index (χ1) is 15.1. The van der Waals surface area contributed by atoms with Gasteiger partial charge in [0, 0.05) is 43.1 Å². The molecule has 0 spiro atoms. The number of nitrogens with zero attached hydrogens (tertiary/aromatic N) is 4. The van der Waals surface area contributed by atoms with Crippen LogP contribution in [0, 0.1) is 6.92 Å². The third-order valence-corrected chi connectivity index (χ3v) is 5.29. The van der Waals surface area contributed by atoms with Crippen LogP contribution in [0.5, 0.6) is 0 Å². The molecule has 0 unspecified atom stereocenters. The van der Waals surface area contributed by atoms with Crippen molar-refractivity contribution in [3.05, 3.63) is 70.6 Å². The molecule has 0 radical (unpaired) electrons. The molecule has 1 saturated carbocycles. The number of hydrogen-bond acceptors (Lipinski definition) is 7. The summed E-state index contributed by atoms with van der Waals surface area (Å²) < 4.78 is 0. The van der Waals surface area contributed by atoms with Crippen LogP contribution in [0.1, 0.15) is 51.7 Å². The third-order valence-electron chi connectivity index (χ3n) is 5.29. The van der Waals surface area contributed by atoms with Gasteiger partial charge < -0.3 is 15.3 Å². The second-order valence-electron chi connectivity index (χ2n) is 7.49. The monoisotopic (exact) mass is 416 g/mol. The zero-order valence-corrected chi connectivity index (χ0v) is 16.8. The third kappa shape index (κ3) is 3.68. The van der Waals surface area contributed by atoms with Gasteiger partial charge in [-0.15, -0.1) is 0 Å². The lowest BCUT2D eigenvalue weighted by Gasteiger charge is -2.07. The maximum atomic E-state index is 13.3. The van der Waals surface area contributed by atoms with E-state index in [0.29, 0.717) is 40.8 Å². The standard InChI is InChI=1S/C21H20N8O2/c1-11-14(9-26-12-2-3-12)17(19(30)20-24-6-7-25-20)15(27-11)8-13-18(28-29-21(13)31)16-10-22-4-5-23-16/h4-8,10,12,26-27H,2-3,9H2,1H3,(H,24,25)(H,29,31). The predicted octanol–water partition coefficient (Wildman–Crippen LogP) is 1.24. The summed E-state index contributed by atoms with van der Waals surface area (Å²) in [5.41, 5.74) is 6.32. The number of aromatic amines is 2. The molecular formula is C21H20N8O2. The van der Waals surface area contributed by atoms with E-state index in [0.717, 1.165) is 24.1 Å². The van der Waals surface area contributed by atoms with Crippen molar-refractivity contribution in [3.63, 3.8) is 0 Å². The molecule has 0 saturated heterocycles. The second kappa shape index (κ2) is 7.73. The molecule has 4 N–H and O–H groups in total. The summed E-state index contributed by atoms with van der Waals surface area (Å²) >= 11 is 0. The maximum Gasteiger partial charge on any atom is 0.273 e. The van der Waals surface area contributed by atoms with Gasteiger partial charge >= 0.3 is 0 Å². The fourth-order valence-electron chi connectivity index (χ4n) is 3.55. The highest BCUT2D eigenvalue weighted by atomic mass is 16.2. The second-order valence-corrected chi connectivity index (χ2v) is 7.49. The van der Waals surface area contributed by atoms with Crippen molar-refractivity contribution in [1.29, 1.82) is 0 Å². The van der Waals surface area contributed by atoms with Crippen LogP contribution in [0.2, 0.25) is 0 Å². The number of aromatic nitrogens is 5. The van der Waals surface area contributed by atoms with Crippen molar-refractivity contribution >= 4 is 23.5 Å². The van der Waals surface area contributed by atoms with E-state index in [1.54, 1.807) is 18.5 Å². The molecule has 2 aliphatic rings. The highest BCUT2D eigenvalue weighted by Crippen LogP contribution is 2.27. The van der Waals surface area contributed by atoms with E-state index >= 15 is 0 Å². The minimum absolute atomic E-state index is 0.241. The summed E-state index contributed by atoms with van der Waals surface area (Å²) in [4.78, 5) is 44.4. The molecule has 10 heteroatoms. The van der Waals surface area contributed by atoms with Crippen molar-refractivity contribution in [1.82, 2.24) is 35.7 Å². The molecule has 3 aromatic rings. The Bertz CT molecular complexity index is 1200. The van der Waals surface area contributed by atoms with Gasteiger partial charge in [0.2, 0.25) is 5.78 Å². The predicted molar refractivity (Wildman–Crippen MR) is 112 cm³/mol. The van der Waals surface area contributed by atoms with Crippen LogP contribution in [0.15, 0.2) is 41.7 Å². The Balaban J connectivity index is 1.59. The van der Waals surface area contributed by atoms with Crippen LogP contribution in [-0.2, 0) is 11.3 Å². The number of carbonyl (C=O) groups is 2. The smallest absolute Gasteiger partial charge is 0.273 e. The molecule has 156 valence electrons. The van der Waals surface area contributed by atoms with Crippen LogP contribution in [-0.4, -0.2) is 48.4 Å². The Hall–Kier alpha value is -3.92. The fraction of sp³-hybridized carbons (Fsp3) is 0.238. The molecule has 0 bridgehead atoms. The largest absolute Gasteiger partial charge is 0.358 e. The van der Waals surface area contributed by atoms with Gasteiger partial charge in [0.05, 0.1) is 23.0 Å². The number of nitrogens with one attached hydrogen (secondary N) is 4. The van der Waals surface area contributed by atoms with Gasteiger partial charge in [-0.3, -0.25) is 19.6 Å². The van der Waals surface area contributed by atoms with Gasteiger partial charge in [0.15, 0.2) is 5.82 Å². The van der Waals surface area contributed by atoms with E-state index in [9.17, 15) is 9.59 Å². The Morgan fingerprint density at radius 3 is 2.84 bits per heavy atom. The molecule has 0 aromatic carbocycles. The minimum Gasteiger partial charge on any atom is -0.358 e. The van der Waals surface area contributed by atoms with Crippen molar-refractivity contribution in [3.8, 4) is 0 Å². The SMILES string of the molecule is Cc1[nH]c(C=C2C(=O)NN=C2c2cnccn2)c(C(=O)c2ncc[nH]2)c1CNC1CC1. The van der Waals surface area contributed by atoms with Gasteiger partial charge in [-0.25, -0.2) is 10.4 Å². The van der Waals surface area contributed by atoms with E-state index < -0.39 is 0 Å². The Labute approximate surface area is 177 Å². The van der Waals surface area contributed by atoms with Crippen molar-refractivity contribution in [2.75, 3.05) is 0 Å². The zero-order valence-electron chi connectivity index (χ0n) is 16.8. The summed E-state index contributed by atoms with van der Waals surface area (Å²) in [7, 11) is 0. The molecule has 5 rings (SSSR count). The van der Waals surface area contributed by atoms with Gasteiger partial charge in [-0.05, 0) is 31.4 Å². The van der Waals surface area contributed by atoms with Crippen molar-refractivity contribution in [2.24, 2.45) is 5.10 Å². The van der Waals surface area contributed by atoms with Gasteiger partial charge in [0.1, 0.15) is 11.4 Å². The number of rotatable bonds is 7. The quantitative estimate of drug-likeness (QED) is 0.337. The number of carbonyl (C=O) groups excluding carboxylic acids is 2. The lowest BCUT2D eigenvalue weighted by atomic mass is 10.0. The molecule has 1 aliphatic heterocycles. The van der Waals surface area contributed by atoms with E-state index in [2.05, 4.69) is 40.8 Å². The van der Waals surface area contributed by atoms with Crippen molar-refractivity contribution < 1.29 is 9.59 Å². The van der Waals surface area contributed by atoms with E-state index in [4.69, 9.17) is 0 Å². The highest BCUT2D eigenvalue weighted by molar-refractivity contribution is 6.32. The topological polar surface area (TPSA) is 141 Å². The molecule has 4 heterocycles. The van der Waals surface area contributed by atoms with Crippen LogP contribution in [0.3, 0.4) is 0 Å². The van der Waals surface area contributed by atoms with E-state index in [-0.39, 0.29) is 17.5 Å². The number of hydrazone groups is 1. The van der Waals surface area contributed by atoms with Crippen LogP contribution < -0.4 is 10.7 Å². The Morgan fingerprint density at radius 2 is 2.13 bits per heavy atom. The van der Waals surface area contributed by atoms with Gasteiger partial charge in [0.25, 0.3) is 5.91 Å². The molecule has 3 aromatic heterocycles. The number of amides is 1. The normalized spacial score (nSPS) is 17.1. The number of H-pyrrole nitrogens is 2. The molecule has 1 fully saturated rings. The molecule has 31 heavy (non-hydrogen) atoms. The maximum absolute atomic E-state index is 13.3. The number of imidazole rings is 1. The van der Waals surface area contributed by atoms with Gasteiger partial charge in [-0.1, -0.05) is 0 Å². The highest BCUT2D eigenvalue weighted by Gasteiger charge is 2.29. The first kappa shape index (κ1) is 19.1. The van der Waals surface area contributed by atoms with E-state index in [1.807, 2.05) is 6.92 Å². The molecule has 10 nitrogen and oxygen atoms in total. The van der Waals surface area contributed by atoms with E-state index in [1.165, 1.54) is 18.6 Å². The summed E-state index contributed by atoms with van der Waals surface area (Å²) in [5.74, 6) is -0.378. The lowest BCUT2D eigenvalue weighted by Crippen LogP contribution is -2.18. The molecule has 1 aliphatic carbocycles. The summed E-state index contributed by atoms with van der Waals surface area (Å²) in [6.45, 7) is 2.46. The molecular weight excluding hydrogens is 396 g/mol. The summed E-state index contributed by atoms with van der Waals surface area (Å²) in [6, 6.07) is 0.485. The zero-order chi connectivity index (χ0) is 21.4. The summed E-state index contributed by atoms with van der Waals surface area (Å²) in [6.07, 6.45) is 11.7. The van der Waals surface area contributed by atoms with Crippen molar-refractivity contribution in [2.45, 2.75) is 32.4 Å². The lowest BCUT2D eigenvalue weighted by molar-refractivity contribution is -0.116. The fourth-order valence-corrected chi connectivity index (χ4v) is 3.55. The average Bonchev–Trinajstić information content (AvgIpc) is 3.17. The van der Waals surface area contributed by atoms with Crippen LogP contribution in [0.25, 0.3) is 6.08 Å². The Morgan fingerprint density at radius 1 is 1.26 bits per heavy atom. The summed E-state index contributed by atoms with van der Waals surface area (Å²) in [5, 5.41) is 7.56. The number of hydrogen-bond donors (Lipinski definition) is 4. The van der Waals surface area contributed by atoms with Crippen LogP contribution >= 0.6 is 0 Å². The molecule has 1 amide bonds. The first-order valence-corrected chi connectivity index (χ1v) is 9.97. The van der Waals surface area contributed by atoms with Gasteiger partial charge in [-0.2, -0.15) is 5.10 Å². The molecule has 0 atom stereocenters. The van der Waals surface area contributed by atoms with Crippen LogP contribution in [0.4, 0.5) is 0 Å². The first-order valence-electron chi connectivity index (χ1n) is 9.97. The minimum atomic E-state index is -0.373.